The molecule has 0 bridgehead atoms. The molecular formula is C22H17N5O2S. The second-order valence-electron chi connectivity index (χ2n) is 6.65. The number of anilines is 1. The van der Waals surface area contributed by atoms with Gasteiger partial charge in [0.05, 0.1) is 17.6 Å². The van der Waals surface area contributed by atoms with Crippen LogP contribution in [0.2, 0.25) is 0 Å². The standard InChI is InChI=1S/C22H17N5O2S/c28-21-25(18-14-8-3-9-15-18)22(29)27-26(21)19(16-10-4-1-5-11-16)24-20(30-27)23-17-12-6-2-7-13-17/h1-15,19H,(H,23,24). The molecule has 8 heteroatoms. The molecular weight excluding hydrogens is 398 g/mol. The van der Waals surface area contributed by atoms with Crippen molar-refractivity contribution in [2.24, 2.45) is 4.99 Å². The minimum Gasteiger partial charge on any atom is -0.333 e. The number of para-hydroxylation sites is 2. The lowest BCUT2D eigenvalue weighted by molar-refractivity contribution is 0.498. The number of aromatic nitrogens is 3. The van der Waals surface area contributed by atoms with Gasteiger partial charge in [-0.25, -0.2) is 19.1 Å². The molecule has 0 fully saturated rings. The van der Waals surface area contributed by atoms with Crippen LogP contribution in [-0.4, -0.2) is 18.5 Å². The second-order valence-corrected chi connectivity index (χ2v) is 7.57. The first kappa shape index (κ1) is 18.3. The fourth-order valence-corrected chi connectivity index (χ4v) is 4.22. The number of hydrogen-bond acceptors (Lipinski definition) is 5. The van der Waals surface area contributed by atoms with E-state index in [-0.39, 0.29) is 0 Å². The molecule has 1 aliphatic heterocycles. The number of rotatable bonds is 3. The molecule has 1 atom stereocenters. The fourth-order valence-electron chi connectivity index (χ4n) is 3.34. The first-order valence-corrected chi connectivity index (χ1v) is 10.1. The van der Waals surface area contributed by atoms with Gasteiger partial charge in [-0.2, -0.15) is 8.77 Å². The van der Waals surface area contributed by atoms with Gasteiger partial charge in [0.2, 0.25) is 0 Å². The summed E-state index contributed by atoms with van der Waals surface area (Å²) in [6.07, 6.45) is -0.663. The van der Waals surface area contributed by atoms with E-state index in [1.807, 2.05) is 66.7 Å². The number of nitrogens with zero attached hydrogens (tertiary/aromatic N) is 4. The van der Waals surface area contributed by atoms with Gasteiger partial charge in [-0.15, -0.1) is 0 Å². The van der Waals surface area contributed by atoms with Crippen molar-refractivity contribution in [1.82, 2.24) is 13.3 Å². The minimum atomic E-state index is -0.663. The number of amidine groups is 1. The Hall–Kier alpha value is -3.78. The van der Waals surface area contributed by atoms with Crippen LogP contribution in [0, 0.1) is 0 Å². The van der Waals surface area contributed by atoms with Crippen molar-refractivity contribution in [2.45, 2.75) is 6.17 Å². The number of nitrogens with one attached hydrogen (secondary N) is 1. The van der Waals surface area contributed by atoms with E-state index in [4.69, 9.17) is 4.99 Å². The van der Waals surface area contributed by atoms with Crippen LogP contribution in [0.1, 0.15) is 11.7 Å². The van der Waals surface area contributed by atoms with Crippen LogP contribution in [0.5, 0.6) is 0 Å². The van der Waals surface area contributed by atoms with Crippen molar-refractivity contribution in [3.05, 3.63) is 118 Å². The lowest BCUT2D eigenvalue weighted by Crippen LogP contribution is -2.34. The molecule has 0 spiro atoms. The van der Waals surface area contributed by atoms with E-state index in [0.717, 1.165) is 23.2 Å². The summed E-state index contributed by atoms with van der Waals surface area (Å²) in [6.45, 7) is 0. The van der Waals surface area contributed by atoms with Gasteiger partial charge < -0.3 is 5.32 Å². The zero-order valence-electron chi connectivity index (χ0n) is 15.8. The topological polar surface area (TPSA) is 73.3 Å². The van der Waals surface area contributed by atoms with Crippen molar-refractivity contribution in [2.75, 3.05) is 5.32 Å². The summed E-state index contributed by atoms with van der Waals surface area (Å²) < 4.78 is 3.93. The first-order chi connectivity index (χ1) is 14.7. The summed E-state index contributed by atoms with van der Waals surface area (Å²) in [5.74, 6) is 0. The Morgan fingerprint density at radius 1 is 0.767 bits per heavy atom. The van der Waals surface area contributed by atoms with Gasteiger partial charge >= 0.3 is 11.4 Å². The molecule has 4 aromatic rings. The molecule has 2 heterocycles. The van der Waals surface area contributed by atoms with E-state index in [1.165, 1.54) is 13.3 Å². The number of hydrogen-bond donors (Lipinski definition) is 1. The SMILES string of the molecule is O=c1n(-c2ccccc2)c(=O)n2n1SC(Nc1ccccc1)=NC2c1ccccc1. The zero-order chi connectivity index (χ0) is 20.5. The second kappa shape index (κ2) is 7.57. The summed E-state index contributed by atoms with van der Waals surface area (Å²) >= 11 is 1.09. The summed E-state index contributed by atoms with van der Waals surface area (Å²) in [4.78, 5) is 31.3. The average molecular weight is 415 g/mol. The normalized spacial score (nSPS) is 15.3. The highest BCUT2D eigenvalue weighted by Crippen LogP contribution is 2.26. The number of aliphatic imine (C=N–C) groups is 1. The third-order valence-corrected chi connectivity index (χ3v) is 5.60. The molecule has 0 saturated heterocycles. The van der Waals surface area contributed by atoms with E-state index in [2.05, 4.69) is 5.32 Å². The quantitative estimate of drug-likeness (QED) is 0.557. The van der Waals surface area contributed by atoms with E-state index in [0.29, 0.717) is 10.9 Å². The van der Waals surface area contributed by atoms with Gasteiger partial charge in [0.1, 0.15) is 0 Å². The van der Waals surface area contributed by atoms with Gasteiger partial charge in [0, 0.05) is 5.69 Å². The smallest absolute Gasteiger partial charge is 0.333 e. The average Bonchev–Trinajstić information content (AvgIpc) is 3.05. The van der Waals surface area contributed by atoms with E-state index < -0.39 is 17.5 Å². The summed E-state index contributed by atoms with van der Waals surface area (Å²) in [7, 11) is 0. The molecule has 3 aromatic carbocycles. The fraction of sp³-hybridized carbons (Fsp3) is 0.0455. The Morgan fingerprint density at radius 3 is 2.03 bits per heavy atom. The molecule has 1 N–H and O–H groups in total. The van der Waals surface area contributed by atoms with Crippen molar-refractivity contribution < 1.29 is 0 Å². The molecule has 0 amide bonds. The maximum absolute atomic E-state index is 13.3. The molecule has 0 radical (unpaired) electrons. The van der Waals surface area contributed by atoms with Gasteiger partial charge in [0.25, 0.3) is 0 Å². The Kier molecular flexibility index (Phi) is 4.61. The van der Waals surface area contributed by atoms with Crippen molar-refractivity contribution in [3.63, 3.8) is 0 Å². The molecule has 1 aliphatic rings. The minimum absolute atomic E-state index is 0.431. The largest absolute Gasteiger partial charge is 0.362 e. The highest BCUT2D eigenvalue weighted by Gasteiger charge is 2.30. The molecule has 148 valence electrons. The van der Waals surface area contributed by atoms with E-state index in [1.54, 1.807) is 24.3 Å². The molecule has 1 unspecified atom stereocenters. The third-order valence-electron chi connectivity index (χ3n) is 4.72. The highest BCUT2D eigenvalue weighted by atomic mass is 32.2. The maximum atomic E-state index is 13.3. The Balaban J connectivity index is 1.67. The lowest BCUT2D eigenvalue weighted by atomic mass is 10.2. The molecule has 0 aliphatic carbocycles. The van der Waals surface area contributed by atoms with Crippen LogP contribution in [0.3, 0.4) is 0 Å². The van der Waals surface area contributed by atoms with E-state index in [9.17, 15) is 9.59 Å². The van der Waals surface area contributed by atoms with Crippen LogP contribution in [-0.2, 0) is 0 Å². The van der Waals surface area contributed by atoms with Crippen LogP contribution in [0.25, 0.3) is 5.69 Å². The Labute approximate surface area is 176 Å². The predicted molar refractivity (Wildman–Crippen MR) is 119 cm³/mol. The van der Waals surface area contributed by atoms with Crippen molar-refractivity contribution in [3.8, 4) is 5.69 Å². The van der Waals surface area contributed by atoms with Gasteiger partial charge in [0.15, 0.2) is 11.3 Å². The number of benzene rings is 3. The summed E-state index contributed by atoms with van der Waals surface area (Å²) in [5, 5.41) is 3.78. The summed E-state index contributed by atoms with van der Waals surface area (Å²) in [6, 6.07) is 28.0. The van der Waals surface area contributed by atoms with Gasteiger partial charge in [-0.3, -0.25) is 0 Å². The van der Waals surface area contributed by atoms with Crippen molar-refractivity contribution in [1.29, 1.82) is 0 Å². The molecule has 1 aromatic heterocycles. The van der Waals surface area contributed by atoms with Crippen LogP contribution in [0.15, 0.2) is 106 Å². The monoisotopic (exact) mass is 415 g/mol. The zero-order valence-corrected chi connectivity index (χ0v) is 16.6. The van der Waals surface area contributed by atoms with Crippen LogP contribution < -0.4 is 16.7 Å². The number of fused-ring (bicyclic) bond motifs is 1. The van der Waals surface area contributed by atoms with Gasteiger partial charge in [-0.1, -0.05) is 66.7 Å². The van der Waals surface area contributed by atoms with Crippen LogP contribution >= 0.6 is 11.9 Å². The molecule has 0 saturated carbocycles. The van der Waals surface area contributed by atoms with Crippen molar-refractivity contribution >= 4 is 22.8 Å². The summed E-state index contributed by atoms with van der Waals surface area (Å²) in [5.41, 5.74) is 1.31. The molecule has 7 nitrogen and oxygen atoms in total. The molecule has 30 heavy (non-hydrogen) atoms. The molecule has 5 rings (SSSR count). The third kappa shape index (κ3) is 3.17. The Bertz CT molecular complexity index is 1320. The maximum Gasteiger partial charge on any atom is 0.362 e. The lowest BCUT2D eigenvalue weighted by Gasteiger charge is -2.23. The predicted octanol–water partition coefficient (Wildman–Crippen LogP) is 3.33. The van der Waals surface area contributed by atoms with Gasteiger partial charge in [-0.05, 0) is 29.8 Å². The van der Waals surface area contributed by atoms with Crippen LogP contribution in [0.4, 0.5) is 5.69 Å². The first-order valence-electron chi connectivity index (χ1n) is 9.37. The highest BCUT2D eigenvalue weighted by molar-refractivity contribution is 8.12. The van der Waals surface area contributed by atoms with E-state index >= 15 is 0 Å². The Morgan fingerprint density at radius 2 is 1.37 bits per heavy atom.